The minimum atomic E-state index is -0.274. The van der Waals surface area contributed by atoms with Crippen molar-refractivity contribution < 1.29 is 14.3 Å². The maximum atomic E-state index is 12.7. The van der Waals surface area contributed by atoms with Gasteiger partial charge in [-0.15, -0.1) is 0 Å². The van der Waals surface area contributed by atoms with E-state index in [1.807, 2.05) is 42.5 Å². The first-order chi connectivity index (χ1) is 11.2. The van der Waals surface area contributed by atoms with Crippen molar-refractivity contribution in [1.29, 1.82) is 0 Å². The molecule has 4 heteroatoms. The van der Waals surface area contributed by atoms with E-state index in [-0.39, 0.29) is 11.5 Å². The van der Waals surface area contributed by atoms with Gasteiger partial charge in [-0.05, 0) is 35.0 Å². The zero-order valence-electron chi connectivity index (χ0n) is 12.4. The Balaban J connectivity index is 1.88. The standard InChI is InChI=1S/C19H13NO3/c1-23-15-8-9-17-16(11-15)19(21)18(20(17)22)14-7-6-12-4-2-3-5-13(12)10-14/h2-11H,1H3. The van der Waals surface area contributed by atoms with Gasteiger partial charge in [-0.25, -0.2) is 0 Å². The summed E-state index contributed by atoms with van der Waals surface area (Å²) in [5.41, 5.74) is 1.51. The zero-order valence-corrected chi connectivity index (χ0v) is 12.4. The molecule has 112 valence electrons. The van der Waals surface area contributed by atoms with Crippen LogP contribution < -0.4 is 4.74 Å². The number of ether oxygens (including phenoxy) is 1. The molecule has 0 aromatic heterocycles. The Kier molecular flexibility index (Phi) is 2.91. The lowest BCUT2D eigenvalue weighted by Gasteiger charge is -2.04. The van der Waals surface area contributed by atoms with Crippen molar-refractivity contribution >= 4 is 28.0 Å². The first-order valence-corrected chi connectivity index (χ1v) is 7.25. The number of benzene rings is 3. The van der Waals surface area contributed by atoms with Crippen LogP contribution in [0.5, 0.6) is 5.75 Å². The Morgan fingerprint density at radius 1 is 0.957 bits per heavy atom. The lowest BCUT2D eigenvalue weighted by atomic mass is 10.00. The smallest absolute Gasteiger partial charge is 0.272 e. The van der Waals surface area contributed by atoms with E-state index in [2.05, 4.69) is 0 Å². The lowest BCUT2D eigenvalue weighted by molar-refractivity contribution is -0.355. The molecule has 0 saturated heterocycles. The van der Waals surface area contributed by atoms with E-state index in [1.54, 1.807) is 18.2 Å². The van der Waals surface area contributed by atoms with Crippen molar-refractivity contribution in [2.45, 2.75) is 0 Å². The van der Waals surface area contributed by atoms with Gasteiger partial charge in [0.25, 0.3) is 11.5 Å². The molecule has 23 heavy (non-hydrogen) atoms. The number of methoxy groups -OCH3 is 1. The quantitative estimate of drug-likeness (QED) is 0.536. The highest BCUT2D eigenvalue weighted by Gasteiger charge is 2.36. The maximum Gasteiger partial charge on any atom is 0.272 e. The summed E-state index contributed by atoms with van der Waals surface area (Å²) in [4.78, 5) is 12.7. The minimum absolute atomic E-state index is 0.152. The number of Topliss-reactive ketones (excluding diaryl/α,β-unsaturated/α-hetero) is 1. The van der Waals surface area contributed by atoms with Crippen LogP contribution in [0.3, 0.4) is 0 Å². The van der Waals surface area contributed by atoms with Gasteiger partial charge in [0.2, 0.25) is 5.69 Å². The molecular weight excluding hydrogens is 290 g/mol. The molecule has 0 N–H and O–H groups in total. The first kappa shape index (κ1) is 13.5. The Labute approximate surface area is 132 Å². The normalized spacial score (nSPS) is 13.5. The highest BCUT2D eigenvalue weighted by molar-refractivity contribution is 6.52. The van der Waals surface area contributed by atoms with E-state index >= 15 is 0 Å². The summed E-state index contributed by atoms with van der Waals surface area (Å²) in [7, 11) is 1.53. The third kappa shape index (κ3) is 1.99. The minimum Gasteiger partial charge on any atom is -0.618 e. The van der Waals surface area contributed by atoms with Gasteiger partial charge in [0.15, 0.2) is 0 Å². The Morgan fingerprint density at radius 2 is 1.74 bits per heavy atom. The van der Waals surface area contributed by atoms with E-state index in [4.69, 9.17) is 4.74 Å². The van der Waals surface area contributed by atoms with Gasteiger partial charge in [0.1, 0.15) is 11.3 Å². The first-order valence-electron chi connectivity index (χ1n) is 7.25. The molecule has 0 atom stereocenters. The fourth-order valence-corrected chi connectivity index (χ4v) is 2.93. The van der Waals surface area contributed by atoms with Crippen LogP contribution in [0.25, 0.3) is 10.8 Å². The molecular formula is C19H13NO3. The number of carbonyl (C=O) groups is 1. The van der Waals surface area contributed by atoms with Crippen LogP contribution in [0.4, 0.5) is 5.69 Å². The molecule has 0 bridgehead atoms. The highest BCUT2D eigenvalue weighted by atomic mass is 16.5. The van der Waals surface area contributed by atoms with Crippen LogP contribution in [-0.2, 0) is 0 Å². The Morgan fingerprint density at radius 3 is 2.52 bits per heavy atom. The number of carbonyl (C=O) groups excluding carboxylic acids is 1. The summed E-state index contributed by atoms with van der Waals surface area (Å²) in [6.07, 6.45) is 0. The van der Waals surface area contributed by atoms with Gasteiger partial charge in [0.05, 0.1) is 12.7 Å². The zero-order chi connectivity index (χ0) is 16.0. The van der Waals surface area contributed by atoms with Crippen LogP contribution in [0, 0.1) is 5.21 Å². The second-order valence-electron chi connectivity index (χ2n) is 5.42. The summed E-state index contributed by atoms with van der Waals surface area (Å²) >= 11 is 0. The van der Waals surface area contributed by atoms with Gasteiger partial charge in [-0.2, -0.15) is 4.74 Å². The molecule has 0 aliphatic carbocycles. The summed E-state index contributed by atoms with van der Waals surface area (Å²) < 4.78 is 5.85. The van der Waals surface area contributed by atoms with E-state index in [0.717, 1.165) is 10.8 Å². The van der Waals surface area contributed by atoms with Crippen LogP contribution >= 0.6 is 0 Å². The molecule has 1 aliphatic heterocycles. The Hall–Kier alpha value is -3.14. The fraction of sp³-hybridized carbons (Fsp3) is 0.0526. The molecule has 4 rings (SSSR count). The number of ketones is 1. The highest BCUT2D eigenvalue weighted by Crippen LogP contribution is 2.31. The lowest BCUT2D eigenvalue weighted by Crippen LogP contribution is -2.16. The summed E-state index contributed by atoms with van der Waals surface area (Å²) in [5.74, 6) is 0.287. The number of nitrogens with zero attached hydrogens (tertiary/aromatic N) is 1. The third-order valence-electron chi connectivity index (χ3n) is 4.11. The van der Waals surface area contributed by atoms with E-state index in [1.165, 1.54) is 7.11 Å². The molecule has 0 saturated carbocycles. The topological polar surface area (TPSA) is 52.4 Å². The second-order valence-corrected chi connectivity index (χ2v) is 5.42. The third-order valence-corrected chi connectivity index (χ3v) is 4.11. The molecule has 1 heterocycles. The van der Waals surface area contributed by atoms with Gasteiger partial charge in [-0.1, -0.05) is 30.3 Å². The van der Waals surface area contributed by atoms with Crippen LogP contribution in [0.1, 0.15) is 15.9 Å². The molecule has 0 unspecified atom stereocenters. The molecule has 0 fully saturated rings. The largest absolute Gasteiger partial charge is 0.618 e. The second kappa shape index (κ2) is 4.95. The number of hydrogen-bond acceptors (Lipinski definition) is 3. The van der Waals surface area contributed by atoms with Crippen molar-refractivity contribution in [1.82, 2.24) is 0 Å². The van der Waals surface area contributed by atoms with Crippen molar-refractivity contribution in [3.63, 3.8) is 0 Å². The van der Waals surface area contributed by atoms with Crippen molar-refractivity contribution in [2.75, 3.05) is 7.11 Å². The van der Waals surface area contributed by atoms with Gasteiger partial charge in [-0.3, -0.25) is 4.79 Å². The molecule has 3 aromatic carbocycles. The van der Waals surface area contributed by atoms with E-state index < -0.39 is 0 Å². The predicted molar refractivity (Wildman–Crippen MR) is 88.7 cm³/mol. The van der Waals surface area contributed by atoms with Gasteiger partial charge < -0.3 is 9.94 Å². The molecule has 0 radical (unpaired) electrons. The SMILES string of the molecule is COc1ccc2c(c1)C(=O)C(c1ccc3ccccc3c1)=[N+]2[O-]. The monoisotopic (exact) mass is 303 g/mol. The van der Waals surface area contributed by atoms with E-state index in [0.29, 0.717) is 27.3 Å². The van der Waals surface area contributed by atoms with E-state index in [9.17, 15) is 10.0 Å². The average molecular weight is 303 g/mol. The van der Waals surface area contributed by atoms with Crippen LogP contribution in [0.2, 0.25) is 0 Å². The van der Waals surface area contributed by atoms with Gasteiger partial charge >= 0.3 is 0 Å². The number of fused-ring (bicyclic) bond motifs is 2. The average Bonchev–Trinajstić information content (AvgIpc) is 2.85. The number of hydrogen-bond donors (Lipinski definition) is 0. The van der Waals surface area contributed by atoms with Crippen molar-refractivity contribution in [2.24, 2.45) is 0 Å². The Bertz CT molecular complexity index is 989. The molecule has 1 aliphatic rings. The molecule has 0 spiro atoms. The molecule has 0 amide bonds. The van der Waals surface area contributed by atoms with Crippen molar-refractivity contribution in [3.8, 4) is 5.75 Å². The fourth-order valence-electron chi connectivity index (χ4n) is 2.93. The molecule has 4 nitrogen and oxygen atoms in total. The maximum absolute atomic E-state index is 12.7. The summed E-state index contributed by atoms with van der Waals surface area (Å²) in [6, 6.07) is 18.4. The predicted octanol–water partition coefficient (Wildman–Crippen LogP) is 3.68. The number of rotatable bonds is 2. The van der Waals surface area contributed by atoms with Gasteiger partial charge in [0, 0.05) is 6.07 Å². The van der Waals surface area contributed by atoms with Crippen LogP contribution in [0.15, 0.2) is 60.7 Å². The summed E-state index contributed by atoms with van der Waals surface area (Å²) in [6.45, 7) is 0. The molecule has 3 aromatic rings. The van der Waals surface area contributed by atoms with Crippen LogP contribution in [-0.4, -0.2) is 23.3 Å². The summed E-state index contributed by atoms with van der Waals surface area (Å²) in [5, 5.41) is 14.6. The van der Waals surface area contributed by atoms with Crippen molar-refractivity contribution in [3.05, 3.63) is 77.0 Å².